The van der Waals surface area contributed by atoms with Crippen molar-refractivity contribution >= 4 is 29.3 Å². The highest BCUT2D eigenvalue weighted by Crippen LogP contribution is 2.60. The van der Waals surface area contributed by atoms with Crippen molar-refractivity contribution in [2.75, 3.05) is 11.6 Å². The fourth-order valence-corrected chi connectivity index (χ4v) is 6.14. The molecule has 1 aromatic carbocycles. The van der Waals surface area contributed by atoms with Gasteiger partial charge in [-0.25, -0.2) is 0 Å². The summed E-state index contributed by atoms with van der Waals surface area (Å²) in [7, 11) is 0. The molecular weight excluding hydrogens is 344 g/mol. The zero-order chi connectivity index (χ0) is 18.3. The Morgan fingerprint density at radius 3 is 2.08 bits per heavy atom. The molecule has 2 amide bonds. The van der Waals surface area contributed by atoms with Crippen molar-refractivity contribution in [2.24, 2.45) is 23.2 Å². The molecule has 0 aromatic heterocycles. The molecule has 0 aliphatic heterocycles. The minimum absolute atomic E-state index is 0.108. The monoisotopic (exact) mass is 372 g/mol. The number of rotatable bonds is 5. The van der Waals surface area contributed by atoms with Crippen LogP contribution in [0.3, 0.4) is 0 Å². The maximum atomic E-state index is 13.1. The van der Waals surface area contributed by atoms with Gasteiger partial charge in [0.1, 0.15) is 6.04 Å². The molecule has 4 saturated carbocycles. The number of carbonyl (C=O) groups is 2. The third kappa shape index (κ3) is 3.38. The second-order valence-corrected chi connectivity index (χ2v) is 9.49. The minimum Gasteiger partial charge on any atom is -0.344 e. The van der Waals surface area contributed by atoms with Crippen LogP contribution in [-0.2, 0) is 9.59 Å². The van der Waals surface area contributed by atoms with Gasteiger partial charge in [0, 0.05) is 16.0 Å². The lowest BCUT2D eigenvalue weighted by Gasteiger charge is -2.55. The molecule has 26 heavy (non-hydrogen) atoms. The molecule has 5 heteroatoms. The summed E-state index contributed by atoms with van der Waals surface area (Å²) in [5, 5.41) is 5.93. The van der Waals surface area contributed by atoms with E-state index in [1.807, 2.05) is 30.5 Å². The molecule has 0 saturated heterocycles. The molecule has 4 nitrogen and oxygen atoms in total. The first kappa shape index (κ1) is 17.9. The smallest absolute Gasteiger partial charge is 0.246 e. The Morgan fingerprint density at radius 2 is 1.58 bits per heavy atom. The molecule has 0 heterocycles. The van der Waals surface area contributed by atoms with Crippen molar-refractivity contribution in [1.29, 1.82) is 0 Å². The molecule has 5 rings (SSSR count). The summed E-state index contributed by atoms with van der Waals surface area (Å²) >= 11 is 1.67. The Balaban J connectivity index is 1.37. The summed E-state index contributed by atoms with van der Waals surface area (Å²) in [5.41, 5.74) is 0.562. The summed E-state index contributed by atoms with van der Waals surface area (Å²) in [6.45, 7) is 1.78. The zero-order valence-corrected chi connectivity index (χ0v) is 16.4. The van der Waals surface area contributed by atoms with E-state index in [0.717, 1.165) is 47.6 Å². The Kier molecular flexibility index (Phi) is 4.76. The summed E-state index contributed by atoms with van der Waals surface area (Å²) in [6, 6.07) is 7.25. The Hall–Kier alpha value is -1.49. The normalized spacial score (nSPS) is 32.9. The SMILES string of the molecule is CSc1ccc(NC(=O)[C@H](C)NC(=O)C23CC4CC(CC(C4)C2)C3)cc1. The quantitative estimate of drug-likeness (QED) is 0.766. The molecule has 2 N–H and O–H groups in total. The van der Waals surface area contributed by atoms with Crippen molar-refractivity contribution in [3.63, 3.8) is 0 Å². The maximum Gasteiger partial charge on any atom is 0.246 e. The average Bonchev–Trinajstić information content (AvgIpc) is 2.61. The Bertz CT molecular complexity index is 665. The van der Waals surface area contributed by atoms with Gasteiger partial charge >= 0.3 is 0 Å². The van der Waals surface area contributed by atoms with Crippen molar-refractivity contribution in [1.82, 2.24) is 5.32 Å². The topological polar surface area (TPSA) is 58.2 Å². The molecule has 4 aliphatic carbocycles. The van der Waals surface area contributed by atoms with E-state index in [0.29, 0.717) is 0 Å². The molecule has 0 unspecified atom stereocenters. The van der Waals surface area contributed by atoms with E-state index in [1.165, 1.54) is 19.3 Å². The van der Waals surface area contributed by atoms with Gasteiger partial charge in [0.15, 0.2) is 0 Å². The average molecular weight is 373 g/mol. The number of nitrogens with one attached hydrogen (secondary N) is 2. The first-order valence-electron chi connectivity index (χ1n) is 9.73. The second kappa shape index (κ2) is 6.91. The zero-order valence-electron chi connectivity index (χ0n) is 15.6. The van der Waals surface area contributed by atoms with Crippen molar-refractivity contribution in [3.8, 4) is 0 Å². The van der Waals surface area contributed by atoms with Crippen LogP contribution in [0.25, 0.3) is 0 Å². The summed E-state index contributed by atoms with van der Waals surface area (Å²) in [5.74, 6) is 2.14. The van der Waals surface area contributed by atoms with E-state index in [-0.39, 0.29) is 17.2 Å². The van der Waals surface area contributed by atoms with Crippen LogP contribution >= 0.6 is 11.8 Å². The number of benzene rings is 1. The summed E-state index contributed by atoms with van der Waals surface area (Å²) < 4.78 is 0. The Morgan fingerprint density at radius 1 is 1.04 bits per heavy atom. The van der Waals surface area contributed by atoms with Crippen molar-refractivity contribution < 1.29 is 9.59 Å². The maximum absolute atomic E-state index is 13.1. The van der Waals surface area contributed by atoms with Gasteiger partial charge in [-0.15, -0.1) is 11.8 Å². The molecule has 4 fully saturated rings. The van der Waals surface area contributed by atoms with Crippen molar-refractivity contribution in [2.45, 2.75) is 56.4 Å². The highest BCUT2D eigenvalue weighted by molar-refractivity contribution is 7.98. The van der Waals surface area contributed by atoms with Crippen LogP contribution in [0.15, 0.2) is 29.2 Å². The van der Waals surface area contributed by atoms with Crippen LogP contribution < -0.4 is 10.6 Å². The van der Waals surface area contributed by atoms with E-state index in [4.69, 9.17) is 0 Å². The Labute approximate surface area is 159 Å². The molecule has 4 aliphatic rings. The number of carbonyl (C=O) groups excluding carboxylic acids is 2. The third-order valence-electron chi connectivity index (χ3n) is 6.62. The lowest BCUT2D eigenvalue weighted by molar-refractivity contribution is -0.147. The largest absolute Gasteiger partial charge is 0.344 e. The first-order valence-corrected chi connectivity index (χ1v) is 11.0. The van der Waals surface area contributed by atoms with Crippen LogP contribution in [0.5, 0.6) is 0 Å². The number of thioether (sulfide) groups is 1. The standard InChI is InChI=1S/C21H28N2O2S/c1-13(19(24)23-17-3-5-18(26-2)6-4-17)22-20(25)21-10-14-7-15(11-21)9-16(8-14)12-21/h3-6,13-16H,7-12H2,1-2H3,(H,22,25)(H,23,24)/t13-,14?,15?,16?,21?/m0/s1. The van der Waals surface area contributed by atoms with Gasteiger partial charge in [-0.2, -0.15) is 0 Å². The van der Waals surface area contributed by atoms with Crippen LogP contribution in [0, 0.1) is 23.2 Å². The van der Waals surface area contributed by atoms with Gasteiger partial charge < -0.3 is 10.6 Å². The number of amides is 2. The minimum atomic E-state index is -0.518. The predicted molar refractivity (Wildman–Crippen MR) is 105 cm³/mol. The van der Waals surface area contributed by atoms with Crippen molar-refractivity contribution in [3.05, 3.63) is 24.3 Å². The van der Waals surface area contributed by atoms with E-state index in [1.54, 1.807) is 18.7 Å². The molecule has 1 aromatic rings. The van der Waals surface area contributed by atoms with Gasteiger partial charge in [-0.05, 0) is 93.7 Å². The molecule has 1 atom stereocenters. The highest BCUT2D eigenvalue weighted by atomic mass is 32.2. The van der Waals surface area contributed by atoms with E-state index >= 15 is 0 Å². The lowest BCUT2D eigenvalue weighted by atomic mass is 9.49. The van der Waals surface area contributed by atoms with Crippen LogP contribution in [0.4, 0.5) is 5.69 Å². The van der Waals surface area contributed by atoms with Gasteiger partial charge in [0.05, 0.1) is 0 Å². The molecule has 0 radical (unpaired) electrons. The molecule has 140 valence electrons. The van der Waals surface area contributed by atoms with Crippen LogP contribution in [0.2, 0.25) is 0 Å². The lowest BCUT2D eigenvalue weighted by Crippen LogP contribution is -2.56. The van der Waals surface area contributed by atoms with E-state index in [9.17, 15) is 9.59 Å². The van der Waals surface area contributed by atoms with Gasteiger partial charge in [-0.3, -0.25) is 9.59 Å². The van der Waals surface area contributed by atoms with Gasteiger partial charge in [-0.1, -0.05) is 0 Å². The second-order valence-electron chi connectivity index (χ2n) is 8.61. The fraction of sp³-hybridized carbons (Fsp3) is 0.619. The van der Waals surface area contributed by atoms with Crippen LogP contribution in [0.1, 0.15) is 45.4 Å². The summed E-state index contributed by atoms with van der Waals surface area (Å²) in [4.78, 5) is 26.7. The fourth-order valence-electron chi connectivity index (χ4n) is 5.73. The summed E-state index contributed by atoms with van der Waals surface area (Å²) in [6.07, 6.45) is 9.04. The van der Waals surface area contributed by atoms with Gasteiger partial charge in [0.25, 0.3) is 0 Å². The van der Waals surface area contributed by atoms with E-state index in [2.05, 4.69) is 10.6 Å². The number of anilines is 1. The predicted octanol–water partition coefficient (Wildman–Crippen LogP) is 4.07. The number of hydrogen-bond acceptors (Lipinski definition) is 3. The third-order valence-corrected chi connectivity index (χ3v) is 7.36. The molecule has 0 spiro atoms. The molecule has 4 bridgehead atoms. The first-order chi connectivity index (χ1) is 12.5. The molecular formula is C21H28N2O2S. The van der Waals surface area contributed by atoms with Crippen LogP contribution in [-0.4, -0.2) is 24.1 Å². The van der Waals surface area contributed by atoms with E-state index < -0.39 is 6.04 Å². The highest BCUT2D eigenvalue weighted by Gasteiger charge is 2.54. The number of hydrogen-bond donors (Lipinski definition) is 2. The van der Waals surface area contributed by atoms with Gasteiger partial charge in [0.2, 0.25) is 11.8 Å².